The molecule has 1 atom stereocenters. The van der Waals surface area contributed by atoms with E-state index in [1.54, 1.807) is 0 Å². The van der Waals surface area contributed by atoms with Crippen LogP contribution in [-0.4, -0.2) is 18.7 Å². The van der Waals surface area contributed by atoms with Gasteiger partial charge in [0.1, 0.15) is 6.29 Å². The summed E-state index contributed by atoms with van der Waals surface area (Å²) < 4.78 is 0. The minimum atomic E-state index is -0.141. The van der Waals surface area contributed by atoms with E-state index >= 15 is 0 Å². The highest BCUT2D eigenvalue weighted by Gasteiger charge is 2.08. The van der Waals surface area contributed by atoms with Gasteiger partial charge in [-0.05, 0) is 37.0 Å². The lowest BCUT2D eigenvalue weighted by Gasteiger charge is -2.11. The SMILES string of the molecule is C=CC(C/C=C/CCCCCCCCC)c1ccc(C(=O)NCCC=O)cc1. The van der Waals surface area contributed by atoms with Gasteiger partial charge < -0.3 is 10.1 Å². The Labute approximate surface area is 171 Å². The fraction of sp³-hybridized carbons (Fsp3) is 0.520. The molecule has 0 aliphatic heterocycles. The first-order valence-corrected chi connectivity index (χ1v) is 10.8. The maximum atomic E-state index is 12.0. The summed E-state index contributed by atoms with van der Waals surface area (Å²) in [6.07, 6.45) is 19.1. The first-order chi connectivity index (χ1) is 13.7. The minimum Gasteiger partial charge on any atom is -0.352 e. The van der Waals surface area contributed by atoms with Crippen LogP contribution in [0.4, 0.5) is 0 Å². The van der Waals surface area contributed by atoms with Gasteiger partial charge in [0, 0.05) is 24.4 Å². The molecule has 1 unspecified atom stereocenters. The van der Waals surface area contributed by atoms with E-state index in [0.717, 1.165) is 19.1 Å². The van der Waals surface area contributed by atoms with Crippen molar-refractivity contribution < 1.29 is 9.59 Å². The number of hydrogen-bond acceptors (Lipinski definition) is 2. The van der Waals surface area contributed by atoms with E-state index in [0.29, 0.717) is 18.5 Å². The molecule has 1 amide bonds. The summed E-state index contributed by atoms with van der Waals surface area (Å²) >= 11 is 0. The fourth-order valence-corrected chi connectivity index (χ4v) is 3.18. The van der Waals surface area contributed by atoms with Gasteiger partial charge in [-0.25, -0.2) is 0 Å². The Bertz CT molecular complexity index is 589. The molecule has 28 heavy (non-hydrogen) atoms. The number of allylic oxidation sites excluding steroid dienone is 3. The predicted molar refractivity (Wildman–Crippen MR) is 119 cm³/mol. The topological polar surface area (TPSA) is 46.2 Å². The van der Waals surface area contributed by atoms with Gasteiger partial charge in [0.15, 0.2) is 0 Å². The third kappa shape index (κ3) is 10.2. The van der Waals surface area contributed by atoms with Crippen molar-refractivity contribution in [3.05, 3.63) is 60.2 Å². The molecule has 3 nitrogen and oxygen atoms in total. The molecule has 0 spiro atoms. The molecule has 0 aromatic heterocycles. The zero-order valence-corrected chi connectivity index (χ0v) is 17.5. The summed E-state index contributed by atoms with van der Waals surface area (Å²) in [6.45, 7) is 6.59. The molecule has 0 fully saturated rings. The highest BCUT2D eigenvalue weighted by molar-refractivity contribution is 5.94. The second-order valence-electron chi connectivity index (χ2n) is 7.29. The van der Waals surface area contributed by atoms with E-state index in [4.69, 9.17) is 0 Å². The Morgan fingerprint density at radius 1 is 1.00 bits per heavy atom. The summed E-state index contributed by atoms with van der Waals surface area (Å²) in [4.78, 5) is 22.3. The quantitative estimate of drug-likeness (QED) is 0.205. The summed E-state index contributed by atoms with van der Waals surface area (Å²) in [7, 11) is 0. The maximum absolute atomic E-state index is 12.0. The zero-order chi connectivity index (χ0) is 20.5. The van der Waals surface area contributed by atoms with Crippen LogP contribution in [0.15, 0.2) is 49.1 Å². The highest BCUT2D eigenvalue weighted by Crippen LogP contribution is 2.22. The first-order valence-electron chi connectivity index (χ1n) is 10.8. The number of hydrogen-bond donors (Lipinski definition) is 1. The Kier molecular flexibility index (Phi) is 13.5. The summed E-state index contributed by atoms with van der Waals surface area (Å²) in [5.41, 5.74) is 1.78. The van der Waals surface area contributed by atoms with Crippen LogP contribution in [0.25, 0.3) is 0 Å². The zero-order valence-electron chi connectivity index (χ0n) is 17.5. The minimum absolute atomic E-state index is 0.141. The largest absolute Gasteiger partial charge is 0.352 e. The molecular formula is C25H37NO2. The number of carbonyl (C=O) groups excluding carboxylic acids is 2. The van der Waals surface area contributed by atoms with Crippen molar-refractivity contribution in [2.75, 3.05) is 6.54 Å². The van der Waals surface area contributed by atoms with Gasteiger partial charge in [-0.1, -0.05) is 75.8 Å². The van der Waals surface area contributed by atoms with Gasteiger partial charge in [0.05, 0.1) is 0 Å². The van der Waals surface area contributed by atoms with Gasteiger partial charge in [-0.3, -0.25) is 4.79 Å². The molecule has 1 aromatic rings. The van der Waals surface area contributed by atoms with Crippen LogP contribution in [0.1, 0.15) is 93.0 Å². The number of rotatable bonds is 16. The third-order valence-corrected chi connectivity index (χ3v) is 4.96. The monoisotopic (exact) mass is 383 g/mol. The van der Waals surface area contributed by atoms with Gasteiger partial charge >= 0.3 is 0 Å². The van der Waals surface area contributed by atoms with Crippen LogP contribution < -0.4 is 5.32 Å². The molecule has 0 saturated heterocycles. The number of amides is 1. The van der Waals surface area contributed by atoms with Gasteiger partial charge in [-0.2, -0.15) is 0 Å². The molecule has 1 N–H and O–H groups in total. The molecule has 1 rings (SSSR count). The molecule has 0 radical (unpaired) electrons. The normalized spacial score (nSPS) is 12.0. The lowest BCUT2D eigenvalue weighted by atomic mass is 9.94. The van der Waals surface area contributed by atoms with Crippen molar-refractivity contribution in [3.63, 3.8) is 0 Å². The van der Waals surface area contributed by atoms with Gasteiger partial charge in [-0.15, -0.1) is 6.58 Å². The molecule has 154 valence electrons. The third-order valence-electron chi connectivity index (χ3n) is 4.96. The van der Waals surface area contributed by atoms with Crippen molar-refractivity contribution in [2.45, 2.75) is 77.0 Å². The van der Waals surface area contributed by atoms with Crippen molar-refractivity contribution >= 4 is 12.2 Å². The Morgan fingerprint density at radius 3 is 2.32 bits per heavy atom. The van der Waals surface area contributed by atoms with Crippen LogP contribution in [-0.2, 0) is 4.79 Å². The summed E-state index contributed by atoms with van der Waals surface area (Å²) in [5.74, 6) is 0.121. The average Bonchev–Trinajstić information content (AvgIpc) is 2.72. The lowest BCUT2D eigenvalue weighted by Crippen LogP contribution is -2.24. The molecule has 0 bridgehead atoms. The molecule has 1 aromatic carbocycles. The smallest absolute Gasteiger partial charge is 0.251 e. The van der Waals surface area contributed by atoms with E-state index < -0.39 is 0 Å². The van der Waals surface area contributed by atoms with Crippen LogP contribution in [0, 0.1) is 0 Å². The average molecular weight is 384 g/mol. The standard InChI is InChI=1S/C25H37NO2/c1-3-5-6-7-8-9-10-11-12-13-15-22(4-2)23-16-18-24(19-17-23)25(28)26-20-14-21-27/h4,12-13,16-19,21-22H,2-3,5-11,14-15,20H2,1H3,(H,26,28)/b13-12+. The first kappa shape index (κ1) is 23.9. The van der Waals surface area contributed by atoms with Gasteiger partial charge in [0.2, 0.25) is 0 Å². The number of unbranched alkanes of at least 4 members (excludes halogenated alkanes) is 7. The van der Waals surface area contributed by atoms with Crippen molar-refractivity contribution in [2.24, 2.45) is 0 Å². The number of aldehydes is 1. The molecule has 0 aliphatic carbocycles. The van der Waals surface area contributed by atoms with E-state index in [2.05, 4.69) is 31.0 Å². The Balaban J connectivity index is 2.33. The molecular weight excluding hydrogens is 346 g/mol. The number of benzene rings is 1. The Morgan fingerprint density at radius 2 is 1.68 bits per heavy atom. The number of carbonyl (C=O) groups is 2. The van der Waals surface area contributed by atoms with Crippen LogP contribution in [0.5, 0.6) is 0 Å². The van der Waals surface area contributed by atoms with E-state index in [9.17, 15) is 9.59 Å². The van der Waals surface area contributed by atoms with Crippen molar-refractivity contribution in [1.29, 1.82) is 0 Å². The van der Waals surface area contributed by atoms with E-state index in [1.807, 2.05) is 30.3 Å². The van der Waals surface area contributed by atoms with Crippen LogP contribution >= 0.6 is 0 Å². The second-order valence-corrected chi connectivity index (χ2v) is 7.29. The molecule has 0 aliphatic rings. The molecule has 3 heteroatoms. The Hall–Kier alpha value is -2.16. The van der Waals surface area contributed by atoms with Crippen LogP contribution in [0.2, 0.25) is 0 Å². The maximum Gasteiger partial charge on any atom is 0.251 e. The van der Waals surface area contributed by atoms with E-state index in [-0.39, 0.29) is 11.8 Å². The van der Waals surface area contributed by atoms with Crippen LogP contribution in [0.3, 0.4) is 0 Å². The summed E-state index contributed by atoms with van der Waals surface area (Å²) in [6, 6.07) is 7.66. The van der Waals surface area contributed by atoms with Crippen molar-refractivity contribution in [1.82, 2.24) is 5.32 Å². The predicted octanol–water partition coefficient (Wildman–Crippen LogP) is 6.36. The number of nitrogens with one attached hydrogen (secondary N) is 1. The summed E-state index contributed by atoms with van der Waals surface area (Å²) in [5, 5.41) is 2.73. The molecule has 0 heterocycles. The highest BCUT2D eigenvalue weighted by atomic mass is 16.1. The second kappa shape index (κ2) is 15.9. The van der Waals surface area contributed by atoms with Gasteiger partial charge in [0.25, 0.3) is 5.91 Å². The lowest BCUT2D eigenvalue weighted by molar-refractivity contribution is -0.107. The molecule has 0 saturated carbocycles. The fourth-order valence-electron chi connectivity index (χ4n) is 3.18. The van der Waals surface area contributed by atoms with Crippen molar-refractivity contribution in [3.8, 4) is 0 Å². The van der Waals surface area contributed by atoms with E-state index in [1.165, 1.54) is 50.5 Å².